The number of urea groups is 1. The Labute approximate surface area is 210 Å². The first kappa shape index (κ1) is 22.0. The molecule has 0 fully saturated rings. The molecule has 0 saturated heterocycles. The number of rotatable bonds is 3. The lowest BCUT2D eigenvalue weighted by atomic mass is 9.95. The number of ether oxygens (including phenoxy) is 1. The van der Waals surface area contributed by atoms with Crippen molar-refractivity contribution in [1.29, 1.82) is 0 Å². The summed E-state index contributed by atoms with van der Waals surface area (Å²) in [4.78, 5) is 17.4. The molecule has 4 aromatic rings. The van der Waals surface area contributed by atoms with Gasteiger partial charge in [0.25, 0.3) is 0 Å². The Morgan fingerprint density at radius 3 is 2.66 bits per heavy atom. The van der Waals surface area contributed by atoms with Crippen LogP contribution >= 0.6 is 11.3 Å². The lowest BCUT2D eigenvalue weighted by Gasteiger charge is -2.31. The maximum Gasteiger partial charge on any atom is 0.322 e. The highest BCUT2D eigenvalue weighted by molar-refractivity contribution is 7.15. The van der Waals surface area contributed by atoms with E-state index in [1.807, 2.05) is 59.6 Å². The van der Waals surface area contributed by atoms with Gasteiger partial charge in [0.15, 0.2) is 0 Å². The number of amides is 2. The molecule has 2 amide bonds. The molecule has 1 atom stereocenters. The standard InChI is InChI=1S/C29H29N3O2S/c1-19-7-5-8-21(17-19)30-29(33)32-18-24-23-9-3-4-11-26(23)35-28(24)31-16-6-10-25(31)27(32)20-12-14-22(34-2)15-13-20/h5-8,10,12-17,27H,3-4,9,11,18H2,1-2H3,(H,30,33)/t27-/m0/s1. The zero-order chi connectivity index (χ0) is 23.9. The summed E-state index contributed by atoms with van der Waals surface area (Å²) in [6.45, 7) is 2.62. The lowest BCUT2D eigenvalue weighted by Crippen LogP contribution is -2.38. The molecule has 6 heteroatoms. The average Bonchev–Trinajstić information content (AvgIpc) is 3.46. The Morgan fingerprint density at radius 1 is 1.03 bits per heavy atom. The van der Waals surface area contributed by atoms with Gasteiger partial charge in [-0.3, -0.25) is 0 Å². The molecule has 0 spiro atoms. The molecule has 1 aliphatic carbocycles. The summed E-state index contributed by atoms with van der Waals surface area (Å²) in [6.07, 6.45) is 6.84. The number of aromatic nitrogens is 1. The number of nitrogens with one attached hydrogen (secondary N) is 1. The van der Waals surface area contributed by atoms with E-state index in [1.165, 1.54) is 33.8 Å². The number of aryl methyl sites for hydroxylation is 2. The summed E-state index contributed by atoms with van der Waals surface area (Å²) in [7, 11) is 1.68. The second-order valence-electron chi connectivity index (χ2n) is 9.40. The van der Waals surface area contributed by atoms with Crippen LogP contribution in [0.2, 0.25) is 0 Å². The molecule has 0 radical (unpaired) electrons. The second kappa shape index (κ2) is 8.93. The SMILES string of the molecule is COc1ccc([C@H]2c3cccn3-c3sc4c(c3CN2C(=O)Nc2cccc(C)c2)CCCC4)cc1. The van der Waals surface area contributed by atoms with E-state index < -0.39 is 0 Å². The van der Waals surface area contributed by atoms with Gasteiger partial charge in [0.2, 0.25) is 0 Å². The summed E-state index contributed by atoms with van der Waals surface area (Å²) in [5, 5.41) is 4.45. The summed E-state index contributed by atoms with van der Waals surface area (Å²) >= 11 is 1.91. The highest BCUT2D eigenvalue weighted by Gasteiger charge is 2.36. The second-order valence-corrected chi connectivity index (χ2v) is 10.5. The summed E-state index contributed by atoms with van der Waals surface area (Å²) in [5.74, 6) is 0.807. The smallest absolute Gasteiger partial charge is 0.322 e. The van der Waals surface area contributed by atoms with E-state index in [2.05, 4.69) is 40.3 Å². The van der Waals surface area contributed by atoms with E-state index in [0.717, 1.165) is 41.1 Å². The van der Waals surface area contributed by atoms with Gasteiger partial charge in [-0.25, -0.2) is 4.79 Å². The third-order valence-electron chi connectivity index (χ3n) is 7.14. The van der Waals surface area contributed by atoms with Crippen molar-refractivity contribution in [3.05, 3.63) is 99.7 Å². The van der Waals surface area contributed by atoms with Crippen LogP contribution in [0.25, 0.3) is 5.00 Å². The molecule has 178 valence electrons. The fourth-order valence-electron chi connectivity index (χ4n) is 5.44. The van der Waals surface area contributed by atoms with Gasteiger partial charge in [-0.05, 0) is 85.7 Å². The Balaban J connectivity index is 1.49. The van der Waals surface area contributed by atoms with E-state index in [-0.39, 0.29) is 12.1 Å². The van der Waals surface area contributed by atoms with Gasteiger partial charge >= 0.3 is 6.03 Å². The molecular formula is C29H29N3O2S. The van der Waals surface area contributed by atoms with Gasteiger partial charge in [-0.15, -0.1) is 11.3 Å². The van der Waals surface area contributed by atoms with Crippen LogP contribution in [-0.2, 0) is 19.4 Å². The molecule has 3 heterocycles. The van der Waals surface area contributed by atoms with Gasteiger partial charge in [-0.2, -0.15) is 0 Å². The van der Waals surface area contributed by atoms with Crippen molar-refractivity contribution in [3.63, 3.8) is 0 Å². The van der Waals surface area contributed by atoms with Crippen molar-refractivity contribution in [1.82, 2.24) is 9.47 Å². The van der Waals surface area contributed by atoms with Gasteiger partial charge in [0, 0.05) is 22.3 Å². The van der Waals surface area contributed by atoms with E-state index in [0.29, 0.717) is 6.54 Å². The van der Waals surface area contributed by atoms with Crippen LogP contribution in [0.5, 0.6) is 5.75 Å². The maximum atomic E-state index is 14.0. The van der Waals surface area contributed by atoms with Gasteiger partial charge in [-0.1, -0.05) is 24.3 Å². The topological polar surface area (TPSA) is 46.5 Å². The Bertz CT molecular complexity index is 1390. The third kappa shape index (κ3) is 3.92. The zero-order valence-electron chi connectivity index (χ0n) is 20.1. The van der Waals surface area contributed by atoms with E-state index in [1.54, 1.807) is 7.11 Å². The molecule has 2 aliphatic rings. The first-order chi connectivity index (χ1) is 17.1. The number of methoxy groups -OCH3 is 1. The molecule has 0 saturated carbocycles. The van der Waals surface area contributed by atoms with Crippen LogP contribution in [0.4, 0.5) is 10.5 Å². The number of anilines is 1. The Morgan fingerprint density at radius 2 is 1.86 bits per heavy atom. The minimum Gasteiger partial charge on any atom is -0.497 e. The first-order valence-corrected chi connectivity index (χ1v) is 13.0. The third-order valence-corrected chi connectivity index (χ3v) is 8.47. The Kier molecular flexibility index (Phi) is 5.61. The van der Waals surface area contributed by atoms with Crippen molar-refractivity contribution in [2.75, 3.05) is 12.4 Å². The summed E-state index contributed by atoms with van der Waals surface area (Å²) in [5.41, 5.74) is 6.86. The molecule has 5 nitrogen and oxygen atoms in total. The zero-order valence-corrected chi connectivity index (χ0v) is 20.9. The number of benzene rings is 2. The van der Waals surface area contributed by atoms with Crippen LogP contribution in [-0.4, -0.2) is 22.6 Å². The highest BCUT2D eigenvalue weighted by atomic mass is 32.1. The molecule has 1 N–H and O–H groups in total. The van der Waals surface area contributed by atoms with Crippen molar-refractivity contribution in [2.24, 2.45) is 0 Å². The molecule has 2 aromatic carbocycles. The van der Waals surface area contributed by atoms with Crippen molar-refractivity contribution < 1.29 is 9.53 Å². The highest BCUT2D eigenvalue weighted by Crippen LogP contribution is 2.44. The van der Waals surface area contributed by atoms with Crippen molar-refractivity contribution in [3.8, 4) is 10.8 Å². The molecule has 0 bridgehead atoms. The van der Waals surface area contributed by atoms with E-state index >= 15 is 0 Å². The largest absolute Gasteiger partial charge is 0.497 e. The van der Waals surface area contributed by atoms with Crippen LogP contribution < -0.4 is 10.1 Å². The monoisotopic (exact) mass is 483 g/mol. The predicted octanol–water partition coefficient (Wildman–Crippen LogP) is 6.87. The molecule has 35 heavy (non-hydrogen) atoms. The van der Waals surface area contributed by atoms with Crippen LogP contribution in [0.1, 0.15) is 51.7 Å². The number of hydrogen-bond acceptors (Lipinski definition) is 3. The number of hydrogen-bond donors (Lipinski definition) is 1. The first-order valence-electron chi connectivity index (χ1n) is 12.2. The number of fused-ring (bicyclic) bond motifs is 5. The number of thiophene rings is 1. The summed E-state index contributed by atoms with van der Waals surface area (Å²) < 4.78 is 7.72. The number of nitrogens with zero attached hydrogens (tertiary/aromatic N) is 2. The van der Waals surface area contributed by atoms with Crippen molar-refractivity contribution in [2.45, 2.75) is 45.2 Å². The fraction of sp³-hybridized carbons (Fsp3) is 0.276. The number of carbonyl (C=O) groups excluding carboxylic acids is 1. The van der Waals surface area contributed by atoms with Gasteiger partial charge < -0.3 is 19.5 Å². The molecule has 6 rings (SSSR count). The minimum atomic E-state index is -0.223. The van der Waals surface area contributed by atoms with Crippen molar-refractivity contribution >= 4 is 23.1 Å². The number of carbonyl (C=O) groups is 1. The molecule has 2 aromatic heterocycles. The quantitative estimate of drug-likeness (QED) is 0.346. The van der Waals surface area contributed by atoms with Gasteiger partial charge in [0.05, 0.1) is 25.4 Å². The van der Waals surface area contributed by atoms with Crippen LogP contribution in [0.15, 0.2) is 66.9 Å². The normalized spacial score (nSPS) is 16.6. The minimum absolute atomic E-state index is 0.0900. The molecule has 0 unspecified atom stereocenters. The molecule has 1 aliphatic heterocycles. The average molecular weight is 484 g/mol. The molecular weight excluding hydrogens is 454 g/mol. The lowest BCUT2D eigenvalue weighted by molar-refractivity contribution is 0.194. The van der Waals surface area contributed by atoms with Gasteiger partial charge in [0.1, 0.15) is 10.8 Å². The van der Waals surface area contributed by atoms with Crippen LogP contribution in [0, 0.1) is 6.92 Å². The maximum absolute atomic E-state index is 14.0. The Hall–Kier alpha value is -3.51. The van der Waals surface area contributed by atoms with E-state index in [9.17, 15) is 4.79 Å². The van der Waals surface area contributed by atoms with E-state index in [4.69, 9.17) is 4.74 Å². The fourth-order valence-corrected chi connectivity index (χ4v) is 6.85. The van der Waals surface area contributed by atoms with Crippen LogP contribution in [0.3, 0.4) is 0 Å². The summed E-state index contributed by atoms with van der Waals surface area (Å²) in [6, 6.07) is 20.0. The predicted molar refractivity (Wildman–Crippen MR) is 141 cm³/mol.